The van der Waals surface area contributed by atoms with Gasteiger partial charge < -0.3 is 0 Å². The standard InChI is InChI=1S/C16H15F3N2/c17-16(18,19)12-6-3-5-11(8-12)15(21-20)14-9-10-4-1-2-7-13(10)14/h1-8,14-15,21H,9,20H2. The van der Waals surface area contributed by atoms with Crippen molar-refractivity contribution in [3.8, 4) is 0 Å². The third-order valence-electron chi connectivity index (χ3n) is 4.05. The fourth-order valence-corrected chi connectivity index (χ4v) is 2.95. The van der Waals surface area contributed by atoms with Crippen LogP contribution in [0.4, 0.5) is 13.2 Å². The van der Waals surface area contributed by atoms with Crippen molar-refractivity contribution in [3.63, 3.8) is 0 Å². The average molecular weight is 292 g/mol. The number of nitrogens with one attached hydrogen (secondary N) is 1. The zero-order valence-electron chi connectivity index (χ0n) is 11.2. The molecule has 3 N–H and O–H groups in total. The summed E-state index contributed by atoms with van der Waals surface area (Å²) in [7, 11) is 0. The van der Waals surface area contributed by atoms with Gasteiger partial charge in [-0.15, -0.1) is 0 Å². The predicted octanol–water partition coefficient (Wildman–Crippen LogP) is 3.55. The first-order valence-electron chi connectivity index (χ1n) is 6.72. The van der Waals surface area contributed by atoms with Crippen molar-refractivity contribution in [3.05, 3.63) is 70.8 Å². The van der Waals surface area contributed by atoms with Gasteiger partial charge in [0.05, 0.1) is 11.6 Å². The van der Waals surface area contributed by atoms with E-state index in [1.54, 1.807) is 6.07 Å². The van der Waals surface area contributed by atoms with Gasteiger partial charge in [0.25, 0.3) is 0 Å². The Morgan fingerprint density at radius 2 is 1.86 bits per heavy atom. The van der Waals surface area contributed by atoms with Crippen molar-refractivity contribution in [2.75, 3.05) is 0 Å². The quantitative estimate of drug-likeness (QED) is 0.670. The molecule has 0 radical (unpaired) electrons. The lowest BCUT2D eigenvalue weighted by Gasteiger charge is -2.36. The van der Waals surface area contributed by atoms with Crippen molar-refractivity contribution >= 4 is 0 Å². The number of hydrazine groups is 1. The number of alkyl halides is 3. The van der Waals surface area contributed by atoms with E-state index in [0.717, 1.165) is 18.1 Å². The minimum Gasteiger partial charge on any atom is -0.271 e. The molecule has 5 heteroatoms. The van der Waals surface area contributed by atoms with Gasteiger partial charge in [-0.25, -0.2) is 0 Å². The molecule has 1 aliphatic rings. The highest BCUT2D eigenvalue weighted by Crippen LogP contribution is 2.43. The number of halogens is 3. The maximum Gasteiger partial charge on any atom is 0.416 e. The van der Waals surface area contributed by atoms with E-state index in [1.807, 2.05) is 24.3 Å². The van der Waals surface area contributed by atoms with E-state index >= 15 is 0 Å². The Morgan fingerprint density at radius 1 is 1.10 bits per heavy atom. The summed E-state index contributed by atoms with van der Waals surface area (Å²) in [6.07, 6.45) is -3.52. The summed E-state index contributed by atoms with van der Waals surface area (Å²) in [5, 5.41) is 0. The zero-order chi connectivity index (χ0) is 15.0. The first-order valence-corrected chi connectivity index (χ1v) is 6.72. The number of hydrogen-bond acceptors (Lipinski definition) is 2. The molecule has 110 valence electrons. The molecule has 0 heterocycles. The first-order chi connectivity index (χ1) is 10.0. The second-order valence-corrected chi connectivity index (χ2v) is 5.28. The third-order valence-corrected chi connectivity index (χ3v) is 4.05. The van der Waals surface area contributed by atoms with E-state index in [4.69, 9.17) is 5.84 Å². The van der Waals surface area contributed by atoms with Crippen LogP contribution in [0.25, 0.3) is 0 Å². The van der Waals surface area contributed by atoms with Crippen LogP contribution < -0.4 is 11.3 Å². The second-order valence-electron chi connectivity index (χ2n) is 5.28. The molecule has 0 fully saturated rings. The lowest BCUT2D eigenvalue weighted by atomic mass is 9.72. The number of nitrogens with two attached hydrogens (primary N) is 1. The summed E-state index contributed by atoms with van der Waals surface area (Å²) in [5.41, 5.74) is 4.97. The molecule has 2 aromatic rings. The third kappa shape index (κ3) is 2.54. The van der Waals surface area contributed by atoms with Crippen LogP contribution in [-0.4, -0.2) is 0 Å². The fourth-order valence-electron chi connectivity index (χ4n) is 2.95. The van der Waals surface area contributed by atoms with Gasteiger partial charge in [-0.05, 0) is 35.2 Å². The molecule has 0 amide bonds. The Balaban J connectivity index is 1.92. The molecule has 0 saturated heterocycles. The van der Waals surface area contributed by atoms with Crippen molar-refractivity contribution in [2.24, 2.45) is 5.84 Å². The van der Waals surface area contributed by atoms with Crippen molar-refractivity contribution in [1.29, 1.82) is 0 Å². The molecule has 0 saturated carbocycles. The lowest BCUT2D eigenvalue weighted by molar-refractivity contribution is -0.137. The van der Waals surface area contributed by atoms with Crippen molar-refractivity contribution in [1.82, 2.24) is 5.43 Å². The Bertz CT molecular complexity index is 652. The van der Waals surface area contributed by atoms with Crippen LogP contribution in [0.1, 0.15) is 34.2 Å². The van der Waals surface area contributed by atoms with Crippen molar-refractivity contribution < 1.29 is 13.2 Å². The van der Waals surface area contributed by atoms with Crippen LogP contribution in [0.2, 0.25) is 0 Å². The van der Waals surface area contributed by atoms with Crippen LogP contribution in [0.15, 0.2) is 48.5 Å². The number of benzene rings is 2. The molecule has 0 spiro atoms. The number of hydrogen-bond donors (Lipinski definition) is 2. The van der Waals surface area contributed by atoms with Crippen LogP contribution in [0.3, 0.4) is 0 Å². The molecule has 0 aliphatic heterocycles. The van der Waals surface area contributed by atoms with E-state index in [9.17, 15) is 13.2 Å². The van der Waals surface area contributed by atoms with E-state index in [-0.39, 0.29) is 12.0 Å². The molecule has 21 heavy (non-hydrogen) atoms. The van der Waals surface area contributed by atoms with E-state index in [0.29, 0.717) is 5.56 Å². The normalized spacial score (nSPS) is 18.8. The van der Waals surface area contributed by atoms with Crippen LogP contribution in [-0.2, 0) is 12.6 Å². The summed E-state index contributed by atoms with van der Waals surface area (Å²) < 4.78 is 38.5. The Labute approximate surface area is 120 Å². The van der Waals surface area contributed by atoms with E-state index < -0.39 is 11.7 Å². The molecule has 2 nitrogen and oxygen atoms in total. The summed E-state index contributed by atoms with van der Waals surface area (Å²) in [6.45, 7) is 0. The van der Waals surface area contributed by atoms with Crippen LogP contribution in [0, 0.1) is 0 Å². The van der Waals surface area contributed by atoms with Gasteiger partial charge >= 0.3 is 6.18 Å². The molecule has 2 atom stereocenters. The monoisotopic (exact) mass is 292 g/mol. The van der Waals surface area contributed by atoms with Gasteiger partial charge in [-0.3, -0.25) is 11.3 Å². The number of fused-ring (bicyclic) bond motifs is 1. The molecule has 0 bridgehead atoms. The Kier molecular flexibility index (Phi) is 3.47. The van der Waals surface area contributed by atoms with Gasteiger partial charge in [0, 0.05) is 5.92 Å². The maximum absolute atomic E-state index is 12.8. The molecule has 2 aromatic carbocycles. The molecule has 0 aromatic heterocycles. The second kappa shape index (κ2) is 5.16. The molecular weight excluding hydrogens is 277 g/mol. The van der Waals surface area contributed by atoms with Gasteiger partial charge in [0.15, 0.2) is 0 Å². The van der Waals surface area contributed by atoms with Gasteiger partial charge in [-0.1, -0.05) is 36.4 Å². The van der Waals surface area contributed by atoms with Crippen LogP contribution >= 0.6 is 0 Å². The molecular formula is C16H15F3N2. The highest BCUT2D eigenvalue weighted by Gasteiger charge is 2.35. The predicted molar refractivity (Wildman–Crippen MR) is 74.4 cm³/mol. The molecule has 2 unspecified atom stereocenters. The summed E-state index contributed by atoms with van der Waals surface area (Å²) in [4.78, 5) is 0. The first kappa shape index (κ1) is 14.1. The van der Waals surface area contributed by atoms with Crippen LogP contribution in [0.5, 0.6) is 0 Å². The fraction of sp³-hybridized carbons (Fsp3) is 0.250. The van der Waals surface area contributed by atoms with Gasteiger partial charge in [0.1, 0.15) is 0 Å². The van der Waals surface area contributed by atoms with Gasteiger partial charge in [-0.2, -0.15) is 13.2 Å². The Hall–Kier alpha value is -1.85. The summed E-state index contributed by atoms with van der Waals surface area (Å²) in [6, 6.07) is 13.0. The van der Waals surface area contributed by atoms with E-state index in [1.165, 1.54) is 17.7 Å². The van der Waals surface area contributed by atoms with E-state index in [2.05, 4.69) is 5.43 Å². The smallest absolute Gasteiger partial charge is 0.271 e. The SMILES string of the molecule is NNC(c1cccc(C(F)(F)F)c1)C1Cc2ccccc21. The summed E-state index contributed by atoms with van der Waals surface area (Å²) >= 11 is 0. The average Bonchev–Trinajstić information content (AvgIpc) is 2.44. The molecule has 1 aliphatic carbocycles. The highest BCUT2D eigenvalue weighted by molar-refractivity contribution is 5.43. The summed E-state index contributed by atoms with van der Waals surface area (Å²) in [5.74, 6) is 5.71. The minimum absolute atomic E-state index is 0.106. The van der Waals surface area contributed by atoms with Crippen molar-refractivity contribution in [2.45, 2.75) is 24.6 Å². The Morgan fingerprint density at radius 3 is 2.52 bits per heavy atom. The largest absolute Gasteiger partial charge is 0.416 e. The zero-order valence-corrected chi connectivity index (χ0v) is 11.2. The minimum atomic E-state index is -4.34. The maximum atomic E-state index is 12.8. The lowest BCUT2D eigenvalue weighted by Crippen LogP contribution is -2.37. The molecule has 3 rings (SSSR count). The highest BCUT2D eigenvalue weighted by atomic mass is 19.4. The number of rotatable bonds is 3. The topological polar surface area (TPSA) is 38.0 Å². The van der Waals surface area contributed by atoms with Gasteiger partial charge in [0.2, 0.25) is 0 Å².